The van der Waals surface area contributed by atoms with Crippen LogP contribution in [0.4, 0.5) is 0 Å². The Balaban J connectivity index is 2.22. The van der Waals surface area contributed by atoms with Gasteiger partial charge >= 0.3 is 5.97 Å². The summed E-state index contributed by atoms with van der Waals surface area (Å²) in [7, 11) is 1.31. The molecular formula is C14H18N2O4. The molecule has 0 aromatic carbocycles. The number of aromatic hydroxyl groups is 1. The summed E-state index contributed by atoms with van der Waals surface area (Å²) in [6, 6.07) is 3.02. The van der Waals surface area contributed by atoms with Gasteiger partial charge in [0.1, 0.15) is 11.1 Å². The van der Waals surface area contributed by atoms with Gasteiger partial charge in [0.25, 0.3) is 5.91 Å². The second-order valence-electron chi connectivity index (χ2n) is 4.96. The van der Waals surface area contributed by atoms with E-state index in [9.17, 15) is 14.7 Å². The number of amides is 1. The van der Waals surface area contributed by atoms with Crippen molar-refractivity contribution in [3.63, 3.8) is 0 Å². The fourth-order valence-electron chi connectivity index (χ4n) is 2.59. The van der Waals surface area contributed by atoms with Crippen molar-refractivity contribution in [3.8, 4) is 5.88 Å². The van der Waals surface area contributed by atoms with Crippen molar-refractivity contribution in [2.75, 3.05) is 7.11 Å². The Bertz CT molecular complexity index is 510. The first-order chi connectivity index (χ1) is 9.59. The highest BCUT2D eigenvalue weighted by molar-refractivity contribution is 5.99. The van der Waals surface area contributed by atoms with Crippen LogP contribution >= 0.6 is 0 Å². The highest BCUT2D eigenvalue weighted by Gasteiger charge is 2.42. The van der Waals surface area contributed by atoms with Crippen LogP contribution in [0.2, 0.25) is 0 Å². The Morgan fingerprint density at radius 3 is 2.65 bits per heavy atom. The van der Waals surface area contributed by atoms with Crippen molar-refractivity contribution < 1.29 is 19.4 Å². The number of aromatic nitrogens is 1. The van der Waals surface area contributed by atoms with Crippen molar-refractivity contribution in [1.29, 1.82) is 0 Å². The van der Waals surface area contributed by atoms with E-state index in [0.29, 0.717) is 12.8 Å². The fourth-order valence-corrected chi connectivity index (χ4v) is 2.59. The van der Waals surface area contributed by atoms with Gasteiger partial charge in [-0.25, -0.2) is 9.78 Å². The average Bonchev–Trinajstić information content (AvgIpc) is 2.47. The second-order valence-corrected chi connectivity index (χ2v) is 4.96. The van der Waals surface area contributed by atoms with Crippen molar-refractivity contribution in [2.45, 2.75) is 37.6 Å². The summed E-state index contributed by atoms with van der Waals surface area (Å²) in [4.78, 5) is 27.9. The minimum absolute atomic E-state index is 0.0568. The lowest BCUT2D eigenvalue weighted by Crippen LogP contribution is -2.56. The SMILES string of the molecule is COC(=O)C1(NC(=O)c2cccnc2O)CCCCC1. The molecule has 1 aliphatic carbocycles. The second kappa shape index (κ2) is 5.90. The molecule has 0 aliphatic heterocycles. The lowest BCUT2D eigenvalue weighted by Gasteiger charge is -2.35. The van der Waals surface area contributed by atoms with Crippen LogP contribution in [0.1, 0.15) is 42.5 Å². The summed E-state index contributed by atoms with van der Waals surface area (Å²) >= 11 is 0. The Morgan fingerprint density at radius 1 is 1.35 bits per heavy atom. The van der Waals surface area contributed by atoms with Crippen molar-refractivity contribution in [1.82, 2.24) is 10.3 Å². The van der Waals surface area contributed by atoms with E-state index in [0.717, 1.165) is 19.3 Å². The van der Waals surface area contributed by atoms with Gasteiger partial charge in [-0.1, -0.05) is 19.3 Å². The normalized spacial score (nSPS) is 17.2. The molecule has 6 heteroatoms. The minimum atomic E-state index is -0.994. The van der Waals surface area contributed by atoms with Gasteiger partial charge in [-0.05, 0) is 25.0 Å². The highest BCUT2D eigenvalue weighted by Crippen LogP contribution is 2.30. The maximum absolute atomic E-state index is 12.2. The number of carbonyl (C=O) groups is 2. The average molecular weight is 278 g/mol. The van der Waals surface area contributed by atoms with Gasteiger partial charge in [-0.2, -0.15) is 0 Å². The lowest BCUT2D eigenvalue weighted by atomic mass is 9.81. The van der Waals surface area contributed by atoms with E-state index < -0.39 is 17.4 Å². The van der Waals surface area contributed by atoms with Crippen molar-refractivity contribution in [3.05, 3.63) is 23.9 Å². The predicted octanol–water partition coefficient (Wildman–Crippen LogP) is 1.39. The van der Waals surface area contributed by atoms with Gasteiger partial charge in [0.05, 0.1) is 7.11 Å². The molecule has 2 rings (SSSR count). The molecule has 20 heavy (non-hydrogen) atoms. The Hall–Kier alpha value is -2.11. The minimum Gasteiger partial charge on any atom is -0.493 e. The molecular weight excluding hydrogens is 260 g/mol. The Kier molecular flexibility index (Phi) is 4.22. The molecule has 1 aromatic heterocycles. The highest BCUT2D eigenvalue weighted by atomic mass is 16.5. The largest absolute Gasteiger partial charge is 0.493 e. The molecule has 108 valence electrons. The summed E-state index contributed by atoms with van der Waals surface area (Å²) in [5.74, 6) is -1.29. The molecule has 1 saturated carbocycles. The molecule has 1 aliphatic rings. The van der Waals surface area contributed by atoms with Crippen LogP contribution in [-0.4, -0.2) is 34.6 Å². The zero-order chi connectivity index (χ0) is 14.6. The van der Waals surface area contributed by atoms with E-state index in [1.54, 1.807) is 6.07 Å². The topological polar surface area (TPSA) is 88.5 Å². The number of carbonyl (C=O) groups excluding carboxylic acids is 2. The number of ether oxygens (including phenoxy) is 1. The van der Waals surface area contributed by atoms with E-state index in [1.165, 1.54) is 19.4 Å². The van der Waals surface area contributed by atoms with Gasteiger partial charge in [0.2, 0.25) is 5.88 Å². The molecule has 0 radical (unpaired) electrons. The summed E-state index contributed by atoms with van der Waals surface area (Å²) in [5, 5.41) is 12.3. The number of rotatable bonds is 3. The molecule has 1 fully saturated rings. The molecule has 6 nitrogen and oxygen atoms in total. The van der Waals surface area contributed by atoms with Crippen LogP contribution in [-0.2, 0) is 9.53 Å². The van der Waals surface area contributed by atoms with Gasteiger partial charge in [0.15, 0.2) is 0 Å². The van der Waals surface area contributed by atoms with Crippen molar-refractivity contribution in [2.24, 2.45) is 0 Å². The molecule has 0 atom stereocenters. The first-order valence-corrected chi connectivity index (χ1v) is 6.64. The van der Waals surface area contributed by atoms with Crippen LogP contribution in [0.15, 0.2) is 18.3 Å². The zero-order valence-electron chi connectivity index (χ0n) is 11.4. The summed E-state index contributed by atoms with van der Waals surface area (Å²) < 4.78 is 4.83. The number of nitrogens with zero attached hydrogens (tertiary/aromatic N) is 1. The van der Waals surface area contributed by atoms with E-state index in [1.807, 2.05) is 0 Å². The standard InChI is InChI=1S/C14H18N2O4/c1-20-13(19)14(7-3-2-4-8-14)16-12(18)10-6-5-9-15-11(10)17/h5-6,9H,2-4,7-8H2,1H3,(H,15,17)(H,16,18). The summed E-state index contributed by atoms with van der Waals surface area (Å²) in [6.45, 7) is 0. The maximum Gasteiger partial charge on any atom is 0.331 e. The van der Waals surface area contributed by atoms with Crippen LogP contribution in [0, 0.1) is 0 Å². The van der Waals surface area contributed by atoms with E-state index >= 15 is 0 Å². The summed E-state index contributed by atoms with van der Waals surface area (Å²) in [5.41, 5.74) is -0.937. The number of hydrogen-bond acceptors (Lipinski definition) is 5. The molecule has 1 amide bonds. The molecule has 0 unspecified atom stereocenters. The first kappa shape index (κ1) is 14.3. The number of esters is 1. The smallest absolute Gasteiger partial charge is 0.331 e. The van der Waals surface area contributed by atoms with Gasteiger partial charge in [-0.15, -0.1) is 0 Å². The van der Waals surface area contributed by atoms with Crippen LogP contribution in [0.25, 0.3) is 0 Å². The molecule has 2 N–H and O–H groups in total. The van der Waals surface area contributed by atoms with Gasteiger partial charge < -0.3 is 15.2 Å². The first-order valence-electron chi connectivity index (χ1n) is 6.64. The van der Waals surface area contributed by atoms with Crippen LogP contribution in [0.3, 0.4) is 0 Å². The monoisotopic (exact) mass is 278 g/mol. The lowest BCUT2D eigenvalue weighted by molar-refractivity contribution is -0.149. The number of hydrogen-bond donors (Lipinski definition) is 2. The molecule has 1 heterocycles. The van der Waals surface area contributed by atoms with E-state index in [2.05, 4.69) is 10.3 Å². The number of methoxy groups -OCH3 is 1. The third-order valence-electron chi connectivity index (χ3n) is 3.67. The van der Waals surface area contributed by atoms with Crippen molar-refractivity contribution >= 4 is 11.9 Å². The number of nitrogens with one attached hydrogen (secondary N) is 1. The third kappa shape index (κ3) is 2.74. The number of pyridine rings is 1. The fraction of sp³-hybridized carbons (Fsp3) is 0.500. The van der Waals surface area contributed by atoms with E-state index in [4.69, 9.17) is 4.74 Å². The molecule has 0 spiro atoms. The maximum atomic E-state index is 12.2. The third-order valence-corrected chi connectivity index (χ3v) is 3.67. The van der Waals surface area contributed by atoms with E-state index in [-0.39, 0.29) is 11.4 Å². The Morgan fingerprint density at radius 2 is 2.05 bits per heavy atom. The summed E-state index contributed by atoms with van der Waals surface area (Å²) in [6.07, 6.45) is 5.23. The predicted molar refractivity (Wildman–Crippen MR) is 71.2 cm³/mol. The quantitative estimate of drug-likeness (QED) is 0.816. The molecule has 1 aromatic rings. The van der Waals surface area contributed by atoms with Crippen LogP contribution < -0.4 is 5.32 Å². The zero-order valence-corrected chi connectivity index (χ0v) is 11.4. The van der Waals surface area contributed by atoms with Gasteiger partial charge in [-0.3, -0.25) is 4.79 Å². The Labute approximate surface area is 117 Å². The van der Waals surface area contributed by atoms with Gasteiger partial charge in [0, 0.05) is 6.20 Å². The molecule has 0 bridgehead atoms. The van der Waals surface area contributed by atoms with Crippen LogP contribution in [0.5, 0.6) is 5.88 Å². The molecule has 0 saturated heterocycles.